The van der Waals surface area contributed by atoms with Crippen molar-refractivity contribution in [3.05, 3.63) is 182 Å². The highest BCUT2D eigenvalue weighted by molar-refractivity contribution is 6.25. The molecule has 0 aliphatic rings. The maximum Gasteiger partial charge on any atom is 0.143 e. The third kappa shape index (κ3) is 4.26. The molecular formula is C48H30O. The molecule has 0 aliphatic carbocycles. The Morgan fingerprint density at radius 3 is 1.31 bits per heavy atom. The van der Waals surface area contributed by atoms with E-state index in [0.29, 0.717) is 0 Å². The minimum Gasteiger partial charge on any atom is -0.455 e. The van der Waals surface area contributed by atoms with Crippen LogP contribution in [0.1, 0.15) is 0 Å². The van der Waals surface area contributed by atoms with E-state index >= 15 is 0 Å². The summed E-state index contributed by atoms with van der Waals surface area (Å²) in [6.45, 7) is 0. The third-order valence-electron chi connectivity index (χ3n) is 10.1. The minimum atomic E-state index is 0.896. The van der Waals surface area contributed by atoms with Crippen LogP contribution in [0.5, 0.6) is 0 Å². The van der Waals surface area contributed by atoms with Crippen molar-refractivity contribution in [2.75, 3.05) is 0 Å². The number of rotatable bonds is 4. The van der Waals surface area contributed by atoms with Crippen molar-refractivity contribution in [3.8, 4) is 44.7 Å². The van der Waals surface area contributed by atoms with E-state index in [4.69, 9.17) is 4.42 Å². The Morgan fingerprint density at radius 1 is 0.265 bits per heavy atom. The normalized spacial score (nSPS) is 11.7. The summed E-state index contributed by atoms with van der Waals surface area (Å²) in [7, 11) is 0. The molecule has 1 heteroatoms. The lowest BCUT2D eigenvalue weighted by Crippen LogP contribution is -1.92. The molecule has 10 aromatic rings. The van der Waals surface area contributed by atoms with Gasteiger partial charge in [-0.2, -0.15) is 0 Å². The molecule has 0 saturated heterocycles. The molecular weight excluding hydrogens is 593 g/mol. The first kappa shape index (κ1) is 27.7. The average Bonchev–Trinajstić information content (AvgIpc) is 3.57. The lowest BCUT2D eigenvalue weighted by Gasteiger charge is -2.19. The molecule has 0 atom stereocenters. The molecule has 49 heavy (non-hydrogen) atoms. The van der Waals surface area contributed by atoms with Crippen molar-refractivity contribution >= 4 is 54.1 Å². The van der Waals surface area contributed by atoms with Crippen LogP contribution in [-0.2, 0) is 0 Å². The fraction of sp³-hybridized carbons (Fsp3) is 0. The summed E-state index contributed by atoms with van der Waals surface area (Å²) in [5.74, 6) is 0.896. The van der Waals surface area contributed by atoms with E-state index in [1.165, 1.54) is 65.5 Å². The molecule has 0 unspecified atom stereocenters. The van der Waals surface area contributed by atoms with Crippen molar-refractivity contribution in [2.45, 2.75) is 0 Å². The minimum absolute atomic E-state index is 0.896. The Hall–Kier alpha value is -6.44. The molecule has 0 N–H and O–H groups in total. The third-order valence-corrected chi connectivity index (χ3v) is 10.1. The predicted octanol–water partition coefficient (Wildman–Crippen LogP) is 13.7. The quantitative estimate of drug-likeness (QED) is 0.178. The monoisotopic (exact) mass is 622 g/mol. The molecule has 0 amide bonds. The Balaban J connectivity index is 1.30. The van der Waals surface area contributed by atoms with E-state index in [1.807, 2.05) is 0 Å². The number of hydrogen-bond acceptors (Lipinski definition) is 1. The molecule has 228 valence electrons. The SMILES string of the molecule is c1ccc(-c2oc3c(ccc4ccccc43)c2-c2ccc(-c3c4ccccc4c(-c4ccccc4)c4ccccc34)c3ccccc23)cc1. The zero-order chi connectivity index (χ0) is 32.3. The van der Waals surface area contributed by atoms with Crippen LogP contribution >= 0.6 is 0 Å². The molecule has 0 spiro atoms. The van der Waals surface area contributed by atoms with Crippen LogP contribution in [0.25, 0.3) is 98.8 Å². The summed E-state index contributed by atoms with van der Waals surface area (Å²) in [4.78, 5) is 0. The first-order chi connectivity index (χ1) is 24.3. The Morgan fingerprint density at radius 2 is 0.714 bits per heavy atom. The Bertz CT molecular complexity index is 2800. The van der Waals surface area contributed by atoms with Crippen LogP contribution in [-0.4, -0.2) is 0 Å². The van der Waals surface area contributed by atoms with Crippen molar-refractivity contribution in [1.29, 1.82) is 0 Å². The maximum absolute atomic E-state index is 6.89. The first-order valence-corrected chi connectivity index (χ1v) is 16.9. The second-order valence-corrected chi connectivity index (χ2v) is 12.7. The van der Waals surface area contributed by atoms with Gasteiger partial charge in [0, 0.05) is 21.9 Å². The van der Waals surface area contributed by atoms with Crippen molar-refractivity contribution in [1.82, 2.24) is 0 Å². The topological polar surface area (TPSA) is 13.1 Å². The molecule has 0 fully saturated rings. The average molecular weight is 623 g/mol. The predicted molar refractivity (Wildman–Crippen MR) is 208 cm³/mol. The van der Waals surface area contributed by atoms with E-state index in [2.05, 4.69) is 182 Å². The van der Waals surface area contributed by atoms with Crippen LogP contribution in [0.15, 0.2) is 186 Å². The van der Waals surface area contributed by atoms with Gasteiger partial charge in [0.2, 0.25) is 0 Å². The van der Waals surface area contributed by atoms with Gasteiger partial charge in [-0.3, -0.25) is 0 Å². The molecule has 0 saturated carbocycles. The van der Waals surface area contributed by atoms with Gasteiger partial charge in [0.1, 0.15) is 11.3 Å². The summed E-state index contributed by atoms with van der Waals surface area (Å²) in [6, 6.07) is 65.6. The van der Waals surface area contributed by atoms with Gasteiger partial charge in [0.25, 0.3) is 0 Å². The zero-order valence-corrected chi connectivity index (χ0v) is 26.7. The van der Waals surface area contributed by atoms with Gasteiger partial charge in [-0.15, -0.1) is 0 Å². The summed E-state index contributed by atoms with van der Waals surface area (Å²) >= 11 is 0. The summed E-state index contributed by atoms with van der Waals surface area (Å²) < 4.78 is 6.89. The van der Waals surface area contributed by atoms with E-state index in [0.717, 1.165) is 33.2 Å². The molecule has 0 aliphatic heterocycles. The highest BCUT2D eigenvalue weighted by Crippen LogP contribution is 2.49. The molecule has 0 radical (unpaired) electrons. The van der Waals surface area contributed by atoms with Gasteiger partial charge in [0.15, 0.2) is 0 Å². The highest BCUT2D eigenvalue weighted by Gasteiger charge is 2.23. The Kier molecular flexibility index (Phi) is 6.25. The lowest BCUT2D eigenvalue weighted by molar-refractivity contribution is 0.636. The second-order valence-electron chi connectivity index (χ2n) is 12.7. The van der Waals surface area contributed by atoms with Crippen molar-refractivity contribution in [3.63, 3.8) is 0 Å². The van der Waals surface area contributed by atoms with E-state index in [-0.39, 0.29) is 0 Å². The van der Waals surface area contributed by atoms with Crippen LogP contribution in [0, 0.1) is 0 Å². The molecule has 9 aromatic carbocycles. The summed E-state index contributed by atoms with van der Waals surface area (Å²) in [6.07, 6.45) is 0. The fourth-order valence-corrected chi connectivity index (χ4v) is 7.95. The van der Waals surface area contributed by atoms with Crippen LogP contribution in [0.3, 0.4) is 0 Å². The standard InChI is InChI=1S/C48H30O/c1-3-16-32(17-4-1)44-37-23-11-13-25-39(37)45(40-26-14-12-24-38(40)44)41-29-30-42(36-22-10-9-21-35(36)41)46-43-28-27-31-15-7-8-20-34(31)48(43)49-47(46)33-18-5-2-6-19-33/h1-30H. The van der Waals surface area contributed by atoms with Gasteiger partial charge in [0.05, 0.1) is 0 Å². The molecule has 1 nitrogen and oxygen atoms in total. The number of fused-ring (bicyclic) bond motifs is 6. The maximum atomic E-state index is 6.89. The first-order valence-electron chi connectivity index (χ1n) is 16.9. The van der Waals surface area contributed by atoms with Crippen LogP contribution < -0.4 is 0 Å². The van der Waals surface area contributed by atoms with Crippen LogP contribution in [0.4, 0.5) is 0 Å². The number of benzene rings is 9. The van der Waals surface area contributed by atoms with E-state index in [9.17, 15) is 0 Å². The molecule has 1 heterocycles. The second kappa shape index (κ2) is 11.1. The highest BCUT2D eigenvalue weighted by atomic mass is 16.3. The number of furan rings is 1. The number of hydrogen-bond donors (Lipinski definition) is 0. The largest absolute Gasteiger partial charge is 0.455 e. The van der Waals surface area contributed by atoms with Gasteiger partial charge in [-0.25, -0.2) is 0 Å². The lowest BCUT2D eigenvalue weighted by atomic mass is 9.83. The molecule has 0 bridgehead atoms. The van der Waals surface area contributed by atoms with Crippen LogP contribution in [0.2, 0.25) is 0 Å². The van der Waals surface area contributed by atoms with E-state index in [1.54, 1.807) is 0 Å². The molecule has 1 aromatic heterocycles. The Labute approximate surface area is 284 Å². The zero-order valence-electron chi connectivity index (χ0n) is 26.7. The van der Waals surface area contributed by atoms with Gasteiger partial charge in [-0.05, 0) is 71.6 Å². The summed E-state index contributed by atoms with van der Waals surface area (Å²) in [5.41, 5.74) is 9.29. The van der Waals surface area contributed by atoms with Crippen molar-refractivity contribution < 1.29 is 4.42 Å². The van der Waals surface area contributed by atoms with Crippen molar-refractivity contribution in [2.24, 2.45) is 0 Å². The molecule has 10 rings (SSSR count). The van der Waals surface area contributed by atoms with E-state index < -0.39 is 0 Å². The van der Waals surface area contributed by atoms with Gasteiger partial charge in [-0.1, -0.05) is 176 Å². The summed E-state index contributed by atoms with van der Waals surface area (Å²) in [5, 5.41) is 10.9. The van der Waals surface area contributed by atoms with Gasteiger partial charge < -0.3 is 4.42 Å². The smallest absolute Gasteiger partial charge is 0.143 e. The van der Waals surface area contributed by atoms with Gasteiger partial charge >= 0.3 is 0 Å². The fourth-order valence-electron chi connectivity index (χ4n) is 7.95.